The number of carboxylic acid groups (broad SMARTS) is 1. The van der Waals surface area contributed by atoms with E-state index in [0.717, 1.165) is 38.5 Å². The lowest BCUT2D eigenvalue weighted by Crippen LogP contribution is -2.50. The first-order chi connectivity index (χ1) is 31.9. The van der Waals surface area contributed by atoms with Crippen molar-refractivity contribution in [2.24, 2.45) is 23.7 Å². The second-order valence-electron chi connectivity index (χ2n) is 19.8. The predicted octanol–water partition coefficient (Wildman–Crippen LogP) is 4.88. The zero-order valence-corrected chi connectivity index (χ0v) is 40.7. The molecule has 0 radical (unpaired) electrons. The van der Waals surface area contributed by atoms with Gasteiger partial charge in [0.1, 0.15) is 18.3 Å². The number of ether oxygens (including phenoxy) is 7. The molecule has 0 aliphatic carbocycles. The van der Waals surface area contributed by atoms with Crippen molar-refractivity contribution in [3.8, 4) is 0 Å². The summed E-state index contributed by atoms with van der Waals surface area (Å²) < 4.78 is 39.8. The van der Waals surface area contributed by atoms with Gasteiger partial charge in [0.25, 0.3) is 0 Å². The van der Waals surface area contributed by atoms with Crippen LogP contribution in [0.4, 0.5) is 0 Å². The van der Waals surface area contributed by atoms with Crippen molar-refractivity contribution >= 4 is 23.9 Å². The van der Waals surface area contributed by atoms with Crippen LogP contribution in [0.15, 0.2) is 23.3 Å². The van der Waals surface area contributed by atoms with Crippen LogP contribution < -0.4 is 0 Å². The van der Waals surface area contributed by atoms with Gasteiger partial charge in [0.15, 0.2) is 0 Å². The van der Waals surface area contributed by atoms with Gasteiger partial charge in [-0.05, 0) is 79.1 Å². The minimum absolute atomic E-state index is 0.00974. The number of carbonyl (C=O) groups is 4. The molecule has 4 aliphatic heterocycles. The van der Waals surface area contributed by atoms with Crippen molar-refractivity contribution in [2.75, 3.05) is 26.4 Å². The van der Waals surface area contributed by atoms with E-state index in [9.17, 15) is 44.7 Å². The fraction of sp³-hybridized carbons (Fsp3) is 0.840. The Kier molecular flexibility index (Phi) is 24.2. The van der Waals surface area contributed by atoms with E-state index in [-0.39, 0.29) is 106 Å². The Morgan fingerprint density at radius 2 is 1.00 bits per heavy atom. The second kappa shape index (κ2) is 28.6. The Labute approximate surface area is 396 Å². The Morgan fingerprint density at radius 1 is 0.582 bits per heavy atom. The van der Waals surface area contributed by atoms with Gasteiger partial charge in [-0.25, -0.2) is 9.59 Å². The number of carboxylic acids is 1. The molecule has 4 rings (SSSR count). The van der Waals surface area contributed by atoms with Gasteiger partial charge in [-0.3, -0.25) is 9.59 Å². The van der Waals surface area contributed by atoms with Gasteiger partial charge < -0.3 is 63.8 Å². The van der Waals surface area contributed by atoms with Crippen LogP contribution in [0.3, 0.4) is 0 Å². The SMILES string of the molecule is C/C(=C\C(=O)OCCCCCCCCC(=O)O[C@@H](C)[C@H](C)[C@@H]1O[C@H]1C[C@H]1CO[C@@H](C/C(C)=C/C(=O)OCCCCCCC(=O)O)[C@H](O)[C@@H]1O)C[C@@H]1OC[C@H](C[C@@H]2O[C@H]2[C@@H](C)[C@H](C)O)[C@@H](O)[C@H]1O. The molecule has 16 atom stereocenters. The molecule has 17 nitrogen and oxygen atoms in total. The Balaban J connectivity index is 0.987. The number of aliphatic hydroxyl groups excluding tert-OH is 5. The van der Waals surface area contributed by atoms with E-state index >= 15 is 0 Å². The first-order valence-corrected chi connectivity index (χ1v) is 24.9. The number of unbranched alkanes of at least 4 members (excludes halogenated alkanes) is 8. The largest absolute Gasteiger partial charge is 0.481 e. The zero-order valence-electron chi connectivity index (χ0n) is 40.7. The van der Waals surface area contributed by atoms with E-state index in [4.69, 9.17) is 38.3 Å². The number of carbonyl (C=O) groups excluding carboxylic acids is 3. The molecule has 6 N–H and O–H groups in total. The number of hydrogen-bond donors (Lipinski definition) is 6. The highest BCUT2D eigenvalue weighted by molar-refractivity contribution is 5.83. The summed E-state index contributed by atoms with van der Waals surface area (Å²) in [6, 6.07) is 0. The van der Waals surface area contributed by atoms with E-state index in [1.165, 1.54) is 12.2 Å². The topological polar surface area (TPSA) is 261 Å². The third kappa shape index (κ3) is 19.7. The number of epoxide rings is 2. The number of rotatable bonds is 31. The molecular weight excluding hydrogens is 873 g/mol. The van der Waals surface area contributed by atoms with Gasteiger partial charge in [0.05, 0.1) is 81.4 Å². The maximum Gasteiger partial charge on any atom is 0.330 e. The van der Waals surface area contributed by atoms with Crippen molar-refractivity contribution in [1.82, 2.24) is 0 Å². The summed E-state index contributed by atoms with van der Waals surface area (Å²) in [4.78, 5) is 47.8. The van der Waals surface area contributed by atoms with E-state index in [1.807, 2.05) is 20.8 Å². The molecule has 0 aromatic rings. The molecule has 4 aliphatic rings. The van der Waals surface area contributed by atoms with Crippen LogP contribution in [0.1, 0.15) is 144 Å². The maximum atomic E-state index is 12.6. The van der Waals surface area contributed by atoms with Gasteiger partial charge in [-0.15, -0.1) is 0 Å². The van der Waals surface area contributed by atoms with Crippen molar-refractivity contribution < 1.29 is 83.0 Å². The monoisotopic (exact) mass is 955 g/mol. The molecule has 17 heteroatoms. The summed E-state index contributed by atoms with van der Waals surface area (Å²) in [5.74, 6) is -2.73. The van der Waals surface area contributed by atoms with Gasteiger partial charge in [-0.2, -0.15) is 0 Å². The lowest BCUT2D eigenvalue weighted by atomic mass is 9.85. The van der Waals surface area contributed by atoms with Gasteiger partial charge in [-0.1, -0.05) is 63.5 Å². The highest BCUT2D eigenvalue weighted by atomic mass is 16.6. The summed E-state index contributed by atoms with van der Waals surface area (Å²) in [7, 11) is 0. The summed E-state index contributed by atoms with van der Waals surface area (Å²) in [6.45, 7) is 12.0. The second-order valence-corrected chi connectivity index (χ2v) is 19.8. The molecular formula is C50H82O17. The third-order valence-electron chi connectivity index (χ3n) is 14.0. The Bertz CT molecular complexity index is 1600. The van der Waals surface area contributed by atoms with Crippen LogP contribution in [0, 0.1) is 23.7 Å². The summed E-state index contributed by atoms with van der Waals surface area (Å²) in [5, 5.41) is 61.8. The standard InChI is InChI=1S/C50H82O17/c1-29(21-37-47(59)45(57)35(27-63-37)25-39-49(66-39)31(3)33(5)51)23-43(55)61-19-15-11-8-7-9-14-18-42(54)65-34(6)32(4)50-40(67-50)26-36-28-64-38(48(60)46(36)58)22-30(2)24-44(56)62-20-16-12-10-13-17-41(52)53/h23-24,31-40,45-51,57-60H,7-22,25-28H2,1-6H3,(H,52,53)/b29-23+,30-24+/t31-,32-,33-,34-,35-,36-,37-,38-,39-,40-,45+,46+,47-,48-,49-,50-/m0/s1. The highest BCUT2D eigenvalue weighted by Crippen LogP contribution is 2.40. The van der Waals surface area contributed by atoms with Gasteiger partial charge in [0, 0.05) is 48.7 Å². The average Bonchev–Trinajstić information content (AvgIpc) is 4.21. The first-order valence-electron chi connectivity index (χ1n) is 24.9. The predicted molar refractivity (Wildman–Crippen MR) is 244 cm³/mol. The van der Waals surface area contributed by atoms with Crippen molar-refractivity contribution in [1.29, 1.82) is 0 Å². The van der Waals surface area contributed by atoms with Crippen molar-refractivity contribution in [2.45, 2.75) is 218 Å². The molecule has 0 aromatic heterocycles. The summed E-state index contributed by atoms with van der Waals surface area (Å²) in [6.07, 6.45) is 5.76. The molecule has 384 valence electrons. The average molecular weight is 955 g/mol. The molecule has 0 spiro atoms. The summed E-state index contributed by atoms with van der Waals surface area (Å²) in [5.41, 5.74) is 1.34. The molecule has 0 unspecified atom stereocenters. The lowest BCUT2D eigenvalue weighted by Gasteiger charge is -2.38. The quantitative estimate of drug-likeness (QED) is 0.0178. The Morgan fingerprint density at radius 3 is 1.45 bits per heavy atom. The number of hydrogen-bond acceptors (Lipinski definition) is 16. The maximum absolute atomic E-state index is 12.6. The molecule has 4 saturated heterocycles. The fourth-order valence-electron chi connectivity index (χ4n) is 9.18. The van der Waals surface area contributed by atoms with Crippen LogP contribution in [0.2, 0.25) is 0 Å². The third-order valence-corrected chi connectivity index (χ3v) is 14.0. The van der Waals surface area contributed by atoms with E-state index in [1.54, 1.807) is 20.8 Å². The van der Waals surface area contributed by atoms with E-state index < -0.39 is 60.6 Å². The molecule has 4 fully saturated rings. The molecule has 0 saturated carbocycles. The summed E-state index contributed by atoms with van der Waals surface area (Å²) >= 11 is 0. The van der Waals surface area contributed by atoms with Crippen LogP contribution in [-0.2, 0) is 52.3 Å². The van der Waals surface area contributed by atoms with Gasteiger partial charge >= 0.3 is 23.9 Å². The van der Waals surface area contributed by atoms with Crippen molar-refractivity contribution in [3.63, 3.8) is 0 Å². The van der Waals surface area contributed by atoms with Crippen molar-refractivity contribution in [3.05, 3.63) is 23.3 Å². The number of esters is 3. The molecule has 4 heterocycles. The fourth-order valence-corrected chi connectivity index (χ4v) is 9.18. The number of aliphatic hydroxyl groups is 5. The molecule has 0 amide bonds. The van der Waals surface area contributed by atoms with E-state index in [0.29, 0.717) is 56.1 Å². The first kappa shape index (κ1) is 56.6. The zero-order chi connectivity index (χ0) is 49.2. The molecule has 0 aromatic carbocycles. The minimum atomic E-state index is -1.14. The molecule has 0 bridgehead atoms. The normalized spacial score (nSPS) is 31.6. The van der Waals surface area contributed by atoms with Crippen LogP contribution in [-0.4, -0.2) is 154 Å². The van der Waals surface area contributed by atoms with E-state index in [2.05, 4.69) is 0 Å². The Hall–Kier alpha value is -3.00. The highest BCUT2D eigenvalue weighted by Gasteiger charge is 2.50. The number of aliphatic carboxylic acids is 1. The van der Waals surface area contributed by atoms with Crippen LogP contribution >= 0.6 is 0 Å². The van der Waals surface area contributed by atoms with Crippen LogP contribution in [0.5, 0.6) is 0 Å². The lowest BCUT2D eigenvalue weighted by molar-refractivity contribution is -0.165. The van der Waals surface area contributed by atoms with Gasteiger partial charge in [0.2, 0.25) is 0 Å². The minimum Gasteiger partial charge on any atom is -0.481 e. The molecule has 67 heavy (non-hydrogen) atoms. The smallest absolute Gasteiger partial charge is 0.330 e. The van der Waals surface area contributed by atoms with Crippen LogP contribution in [0.25, 0.3) is 0 Å².